The number of carboxylic acid groups (broad SMARTS) is 1. The molecular formula is C8H13N3O4. The van der Waals surface area contributed by atoms with E-state index in [0.29, 0.717) is 5.06 Å². The van der Waals surface area contributed by atoms with Crippen molar-refractivity contribution in [3.05, 3.63) is 0 Å². The molecule has 0 aromatic heterocycles. The van der Waals surface area contributed by atoms with Crippen LogP contribution in [0.15, 0.2) is 5.10 Å². The van der Waals surface area contributed by atoms with Crippen LogP contribution in [0.2, 0.25) is 0 Å². The van der Waals surface area contributed by atoms with Gasteiger partial charge in [0.1, 0.15) is 0 Å². The lowest BCUT2D eigenvalue weighted by molar-refractivity contribution is -0.159. The molecule has 0 radical (unpaired) electrons. The summed E-state index contributed by atoms with van der Waals surface area (Å²) in [7, 11) is 2.70. The second-order valence-corrected chi connectivity index (χ2v) is 3.54. The minimum Gasteiger partial charge on any atom is -0.481 e. The summed E-state index contributed by atoms with van der Waals surface area (Å²) >= 11 is 0. The van der Waals surface area contributed by atoms with Crippen LogP contribution in [0, 0.1) is 0 Å². The lowest BCUT2D eigenvalue weighted by Gasteiger charge is -2.28. The van der Waals surface area contributed by atoms with Crippen LogP contribution in [0.25, 0.3) is 0 Å². The van der Waals surface area contributed by atoms with Crippen LogP contribution in [0.3, 0.4) is 0 Å². The highest BCUT2D eigenvalue weighted by molar-refractivity contribution is 6.19. The number of hydroxylamine groups is 2. The van der Waals surface area contributed by atoms with Gasteiger partial charge >= 0.3 is 5.97 Å². The molecule has 0 aromatic carbocycles. The van der Waals surface area contributed by atoms with Crippen LogP contribution in [0.1, 0.15) is 13.3 Å². The van der Waals surface area contributed by atoms with Gasteiger partial charge in [0.15, 0.2) is 5.54 Å². The first-order valence-electron chi connectivity index (χ1n) is 4.30. The number of rotatable bonds is 3. The van der Waals surface area contributed by atoms with E-state index in [1.807, 2.05) is 0 Å². The fourth-order valence-corrected chi connectivity index (χ4v) is 1.44. The summed E-state index contributed by atoms with van der Waals surface area (Å²) in [6.07, 6.45) is -0.378. The van der Waals surface area contributed by atoms with Crippen molar-refractivity contribution < 1.29 is 19.9 Å². The highest BCUT2D eigenvalue weighted by Gasteiger charge is 2.49. The Hall–Kier alpha value is -1.47. The number of nitrogens with zero attached hydrogens (tertiary/aromatic N) is 3. The summed E-state index contributed by atoms with van der Waals surface area (Å²) in [6, 6.07) is 0. The molecule has 1 rings (SSSR count). The molecule has 1 aliphatic heterocycles. The number of hydrazone groups is 1. The van der Waals surface area contributed by atoms with Crippen molar-refractivity contribution in [1.82, 2.24) is 10.1 Å². The average Bonchev–Trinajstić information content (AvgIpc) is 2.31. The zero-order valence-electron chi connectivity index (χ0n) is 8.76. The molecule has 15 heavy (non-hydrogen) atoms. The molecule has 0 fully saturated rings. The third-order valence-corrected chi connectivity index (χ3v) is 2.51. The smallest absolute Gasteiger partial charge is 0.309 e. The molecule has 0 saturated heterocycles. The number of carbonyl (C=O) groups excluding carboxylic acids is 1. The van der Waals surface area contributed by atoms with E-state index in [0.717, 1.165) is 5.01 Å². The Labute approximate surface area is 86.5 Å². The number of aliphatic carboxylic acids is 1. The SMILES string of the molecule is CN1N=C(CC(=O)O)C(C)(N(C)O)C1=O. The molecule has 0 aromatic rings. The summed E-state index contributed by atoms with van der Waals surface area (Å²) in [4.78, 5) is 22.2. The second kappa shape index (κ2) is 3.59. The largest absolute Gasteiger partial charge is 0.481 e. The summed E-state index contributed by atoms with van der Waals surface area (Å²) < 4.78 is 0. The van der Waals surface area contributed by atoms with E-state index < -0.39 is 17.4 Å². The molecule has 0 spiro atoms. The second-order valence-electron chi connectivity index (χ2n) is 3.54. The summed E-state index contributed by atoms with van der Waals surface area (Å²) in [5.41, 5.74) is -1.26. The van der Waals surface area contributed by atoms with Gasteiger partial charge in [0.05, 0.1) is 12.1 Å². The molecule has 0 bridgehead atoms. The fraction of sp³-hybridized carbons (Fsp3) is 0.625. The van der Waals surface area contributed by atoms with Crippen LogP contribution in [0.5, 0.6) is 0 Å². The quantitative estimate of drug-likeness (QED) is 0.611. The lowest BCUT2D eigenvalue weighted by atomic mass is 9.93. The van der Waals surface area contributed by atoms with E-state index in [9.17, 15) is 14.8 Å². The number of likely N-dealkylation sites (N-methyl/N-ethyl adjacent to an activating group) is 2. The van der Waals surface area contributed by atoms with Crippen LogP contribution in [0.4, 0.5) is 0 Å². The maximum atomic E-state index is 11.7. The molecule has 1 atom stereocenters. The standard InChI is InChI=1S/C8H13N3O4/c1-8(11(3)15)5(4-6(12)13)9-10(2)7(8)14/h15H,4H2,1-3H3,(H,12,13). The Bertz CT molecular complexity index is 339. The molecule has 1 amide bonds. The van der Waals surface area contributed by atoms with E-state index in [2.05, 4.69) is 5.10 Å². The van der Waals surface area contributed by atoms with Crippen LogP contribution in [-0.4, -0.2) is 57.6 Å². The van der Waals surface area contributed by atoms with Crippen molar-refractivity contribution in [1.29, 1.82) is 0 Å². The number of hydrogen-bond acceptors (Lipinski definition) is 5. The highest BCUT2D eigenvalue weighted by atomic mass is 16.5. The summed E-state index contributed by atoms with van der Waals surface area (Å²) in [5, 5.41) is 23.6. The minimum atomic E-state index is -1.38. The fourth-order valence-electron chi connectivity index (χ4n) is 1.44. The monoisotopic (exact) mass is 215 g/mol. The minimum absolute atomic E-state index is 0.118. The van der Waals surface area contributed by atoms with E-state index >= 15 is 0 Å². The van der Waals surface area contributed by atoms with Gasteiger partial charge in [0.2, 0.25) is 0 Å². The molecule has 7 heteroatoms. The van der Waals surface area contributed by atoms with Crippen molar-refractivity contribution >= 4 is 17.6 Å². The van der Waals surface area contributed by atoms with Gasteiger partial charge in [0.25, 0.3) is 5.91 Å². The maximum absolute atomic E-state index is 11.7. The van der Waals surface area contributed by atoms with Gasteiger partial charge < -0.3 is 10.3 Å². The van der Waals surface area contributed by atoms with Gasteiger partial charge in [-0.05, 0) is 6.92 Å². The van der Waals surface area contributed by atoms with Gasteiger partial charge in [0, 0.05) is 14.1 Å². The van der Waals surface area contributed by atoms with Gasteiger partial charge in [-0.2, -0.15) is 10.2 Å². The molecule has 1 heterocycles. The van der Waals surface area contributed by atoms with Crippen LogP contribution < -0.4 is 0 Å². The maximum Gasteiger partial charge on any atom is 0.309 e. The zero-order valence-corrected chi connectivity index (χ0v) is 8.76. The van der Waals surface area contributed by atoms with Crippen LogP contribution >= 0.6 is 0 Å². The lowest BCUT2D eigenvalue weighted by Crippen LogP contribution is -2.54. The molecule has 1 aliphatic rings. The number of carboxylic acids is 1. The van der Waals surface area contributed by atoms with E-state index in [-0.39, 0.29) is 12.1 Å². The average molecular weight is 215 g/mol. The van der Waals surface area contributed by atoms with Crippen molar-refractivity contribution in [2.24, 2.45) is 5.10 Å². The van der Waals surface area contributed by atoms with E-state index in [1.54, 1.807) is 0 Å². The predicted molar refractivity (Wildman–Crippen MR) is 50.4 cm³/mol. The van der Waals surface area contributed by atoms with Gasteiger partial charge in [-0.3, -0.25) is 9.59 Å². The first-order valence-corrected chi connectivity index (χ1v) is 4.30. The Balaban J connectivity index is 3.07. The van der Waals surface area contributed by atoms with Gasteiger partial charge in [-0.15, -0.1) is 0 Å². The Morgan fingerprint density at radius 3 is 2.60 bits per heavy atom. The molecule has 84 valence electrons. The molecule has 0 aliphatic carbocycles. The summed E-state index contributed by atoms with van der Waals surface area (Å²) in [5.74, 6) is -1.55. The van der Waals surface area contributed by atoms with Gasteiger partial charge in [-0.1, -0.05) is 0 Å². The van der Waals surface area contributed by atoms with Crippen LogP contribution in [-0.2, 0) is 9.59 Å². The molecule has 0 saturated carbocycles. The van der Waals surface area contributed by atoms with E-state index in [4.69, 9.17) is 5.11 Å². The Kier molecular flexibility index (Phi) is 2.78. The Morgan fingerprint density at radius 1 is 1.67 bits per heavy atom. The zero-order chi connectivity index (χ0) is 11.8. The number of hydrogen-bond donors (Lipinski definition) is 2. The van der Waals surface area contributed by atoms with Crippen molar-refractivity contribution in [2.45, 2.75) is 18.9 Å². The van der Waals surface area contributed by atoms with Crippen molar-refractivity contribution in [3.63, 3.8) is 0 Å². The topological polar surface area (TPSA) is 93.4 Å². The number of amides is 1. The third-order valence-electron chi connectivity index (χ3n) is 2.51. The first-order chi connectivity index (χ1) is 6.80. The van der Waals surface area contributed by atoms with Crippen molar-refractivity contribution in [3.8, 4) is 0 Å². The number of carbonyl (C=O) groups is 2. The normalized spacial score (nSPS) is 26.1. The molecular weight excluding hydrogens is 202 g/mol. The third kappa shape index (κ3) is 1.71. The van der Waals surface area contributed by atoms with Gasteiger partial charge in [-0.25, -0.2) is 5.01 Å². The predicted octanol–water partition coefficient (Wildman–Crippen LogP) is -0.631. The molecule has 1 unspecified atom stereocenters. The first kappa shape index (κ1) is 11.6. The van der Waals surface area contributed by atoms with E-state index in [1.165, 1.54) is 21.0 Å². The molecule has 7 nitrogen and oxygen atoms in total. The highest BCUT2D eigenvalue weighted by Crippen LogP contribution is 2.25. The molecule has 2 N–H and O–H groups in total. The summed E-state index contributed by atoms with van der Waals surface area (Å²) in [6.45, 7) is 1.43. The Morgan fingerprint density at radius 2 is 2.20 bits per heavy atom. The van der Waals surface area contributed by atoms with Crippen molar-refractivity contribution in [2.75, 3.05) is 14.1 Å².